The number of nitrogens with zero attached hydrogens (tertiary/aromatic N) is 2. The molecule has 7 nitrogen and oxygen atoms in total. The highest BCUT2D eigenvalue weighted by Crippen LogP contribution is 2.37. The quantitative estimate of drug-likeness (QED) is 0.539. The first-order chi connectivity index (χ1) is 14.8. The molecule has 1 N–H and O–H groups in total. The molecule has 0 unspecified atom stereocenters. The van der Waals surface area contributed by atoms with E-state index >= 15 is 0 Å². The van der Waals surface area contributed by atoms with Gasteiger partial charge < -0.3 is 4.74 Å². The lowest BCUT2D eigenvalue weighted by Gasteiger charge is -2.20. The number of ether oxygens (including phenoxy) is 1. The van der Waals surface area contributed by atoms with Crippen LogP contribution in [0.2, 0.25) is 0 Å². The molecule has 1 aromatic heterocycles. The van der Waals surface area contributed by atoms with Gasteiger partial charge in [0.05, 0.1) is 17.7 Å². The maximum Gasteiger partial charge on any atom is 0.257 e. The molecule has 0 aliphatic heterocycles. The van der Waals surface area contributed by atoms with Gasteiger partial charge in [0.25, 0.3) is 5.91 Å². The normalized spacial score (nSPS) is 11.5. The van der Waals surface area contributed by atoms with Gasteiger partial charge in [0, 0.05) is 18.7 Å². The first-order valence-corrected chi connectivity index (χ1v) is 12.1. The van der Waals surface area contributed by atoms with Gasteiger partial charge in [-0.05, 0) is 42.8 Å². The van der Waals surface area contributed by atoms with Crippen LogP contribution in [0.1, 0.15) is 29.9 Å². The van der Waals surface area contributed by atoms with Gasteiger partial charge in [-0.1, -0.05) is 43.4 Å². The van der Waals surface area contributed by atoms with E-state index in [-0.39, 0.29) is 16.6 Å². The van der Waals surface area contributed by atoms with Crippen LogP contribution in [0.15, 0.2) is 53.4 Å². The van der Waals surface area contributed by atoms with Crippen molar-refractivity contribution in [3.05, 3.63) is 59.8 Å². The van der Waals surface area contributed by atoms with Crippen molar-refractivity contribution in [2.24, 2.45) is 0 Å². The Kier molecular flexibility index (Phi) is 7.09. The molecular weight excluding hydrogens is 434 g/mol. The molecule has 0 spiro atoms. The number of anilines is 1. The predicted molar refractivity (Wildman–Crippen MR) is 123 cm³/mol. The number of hydrogen-bond donors (Lipinski definition) is 1. The predicted octanol–water partition coefficient (Wildman–Crippen LogP) is 4.41. The monoisotopic (exact) mass is 459 g/mol. The minimum Gasteiger partial charge on any atom is -0.495 e. The Bertz CT molecular complexity index is 1170. The summed E-state index contributed by atoms with van der Waals surface area (Å²) in [6.45, 7) is 6.15. The van der Waals surface area contributed by atoms with Gasteiger partial charge in [0.15, 0.2) is 5.13 Å². The topological polar surface area (TPSA) is 88.6 Å². The van der Waals surface area contributed by atoms with Crippen LogP contribution >= 0.6 is 11.3 Å². The number of rotatable bonds is 8. The zero-order valence-corrected chi connectivity index (χ0v) is 19.5. The maximum absolute atomic E-state index is 13.1. The van der Waals surface area contributed by atoms with E-state index in [4.69, 9.17) is 4.74 Å². The zero-order valence-electron chi connectivity index (χ0n) is 17.9. The molecule has 0 saturated carbocycles. The number of nitrogens with one attached hydrogen (secondary N) is 1. The van der Waals surface area contributed by atoms with Crippen LogP contribution in [0, 0.1) is 6.92 Å². The first-order valence-electron chi connectivity index (χ1n) is 9.84. The van der Waals surface area contributed by atoms with Gasteiger partial charge in [0.1, 0.15) is 10.6 Å². The molecule has 2 aromatic carbocycles. The van der Waals surface area contributed by atoms with Gasteiger partial charge in [-0.3, -0.25) is 10.1 Å². The van der Waals surface area contributed by atoms with Gasteiger partial charge >= 0.3 is 0 Å². The SMILES string of the molecule is CCN(CC)S(=O)(=O)c1cc(-c2sc(NC(=O)c3ccccc3)nc2C)ccc1OC. The summed E-state index contributed by atoms with van der Waals surface area (Å²) in [5.41, 5.74) is 1.93. The Morgan fingerprint density at radius 2 is 1.81 bits per heavy atom. The van der Waals surface area contributed by atoms with Crippen LogP contribution in [-0.4, -0.2) is 43.8 Å². The first kappa shape index (κ1) is 22.9. The summed E-state index contributed by atoms with van der Waals surface area (Å²) in [6.07, 6.45) is 0. The van der Waals surface area contributed by atoms with Crippen molar-refractivity contribution < 1.29 is 17.9 Å². The largest absolute Gasteiger partial charge is 0.495 e. The average molecular weight is 460 g/mol. The number of hydrogen-bond acceptors (Lipinski definition) is 6. The van der Waals surface area contributed by atoms with E-state index in [0.29, 0.717) is 35.0 Å². The minimum absolute atomic E-state index is 0.110. The molecule has 1 amide bonds. The number of thiazole rings is 1. The van der Waals surface area contributed by atoms with Crippen LogP contribution in [0.4, 0.5) is 5.13 Å². The Labute approximate surface area is 186 Å². The van der Waals surface area contributed by atoms with E-state index in [2.05, 4.69) is 10.3 Å². The highest BCUT2D eigenvalue weighted by molar-refractivity contribution is 7.89. The van der Waals surface area contributed by atoms with Crippen LogP contribution < -0.4 is 10.1 Å². The molecule has 0 saturated heterocycles. The van der Waals surface area contributed by atoms with Gasteiger partial charge in [-0.15, -0.1) is 0 Å². The lowest BCUT2D eigenvalue weighted by atomic mass is 10.1. The fourth-order valence-electron chi connectivity index (χ4n) is 3.20. The summed E-state index contributed by atoms with van der Waals surface area (Å²) in [6, 6.07) is 13.9. The third kappa shape index (κ3) is 4.79. The van der Waals surface area contributed by atoms with Crippen LogP contribution in [-0.2, 0) is 10.0 Å². The van der Waals surface area contributed by atoms with E-state index in [1.807, 2.05) is 13.0 Å². The van der Waals surface area contributed by atoms with Crippen LogP contribution in [0.3, 0.4) is 0 Å². The molecule has 3 rings (SSSR count). The second-order valence-corrected chi connectivity index (χ2v) is 9.61. The molecule has 0 bridgehead atoms. The molecule has 0 atom stereocenters. The van der Waals surface area contributed by atoms with E-state index < -0.39 is 10.0 Å². The summed E-state index contributed by atoms with van der Waals surface area (Å²) < 4.78 is 33.0. The number of benzene rings is 2. The van der Waals surface area contributed by atoms with Gasteiger partial charge in [-0.25, -0.2) is 13.4 Å². The summed E-state index contributed by atoms with van der Waals surface area (Å²) in [4.78, 5) is 17.8. The summed E-state index contributed by atoms with van der Waals surface area (Å²) in [5, 5.41) is 3.26. The Morgan fingerprint density at radius 3 is 2.42 bits per heavy atom. The summed E-state index contributed by atoms with van der Waals surface area (Å²) in [5.74, 6) is 0.0378. The van der Waals surface area contributed by atoms with Crippen molar-refractivity contribution in [2.75, 3.05) is 25.5 Å². The van der Waals surface area contributed by atoms with Crippen molar-refractivity contribution >= 4 is 32.4 Å². The number of methoxy groups -OCH3 is 1. The second kappa shape index (κ2) is 9.59. The Balaban J connectivity index is 1.98. The zero-order chi connectivity index (χ0) is 22.6. The Morgan fingerprint density at radius 1 is 1.13 bits per heavy atom. The van der Waals surface area contributed by atoms with Crippen molar-refractivity contribution in [3.63, 3.8) is 0 Å². The molecular formula is C22H25N3O4S2. The summed E-state index contributed by atoms with van der Waals surface area (Å²) >= 11 is 1.30. The highest BCUT2D eigenvalue weighted by Gasteiger charge is 2.26. The number of sulfonamides is 1. The average Bonchev–Trinajstić information content (AvgIpc) is 3.14. The standard InChI is InChI=1S/C22H25N3O4S2/c1-5-25(6-2)31(27,28)19-14-17(12-13-18(19)29-4)20-15(3)23-22(30-20)24-21(26)16-10-8-7-9-11-16/h7-14H,5-6H2,1-4H3,(H,23,24,26). The fraction of sp³-hybridized carbons (Fsp3) is 0.273. The summed E-state index contributed by atoms with van der Waals surface area (Å²) in [7, 11) is -2.26. The number of amides is 1. The van der Waals surface area contributed by atoms with E-state index in [1.165, 1.54) is 22.8 Å². The molecule has 164 valence electrons. The molecule has 0 radical (unpaired) electrons. The van der Waals surface area contributed by atoms with Crippen LogP contribution in [0.25, 0.3) is 10.4 Å². The molecule has 3 aromatic rings. The Hall–Kier alpha value is -2.75. The smallest absolute Gasteiger partial charge is 0.257 e. The van der Waals surface area contributed by atoms with E-state index in [9.17, 15) is 13.2 Å². The lowest BCUT2D eigenvalue weighted by molar-refractivity contribution is 0.102. The molecule has 31 heavy (non-hydrogen) atoms. The number of carbonyl (C=O) groups excluding carboxylic acids is 1. The van der Waals surface area contributed by atoms with Crippen molar-refractivity contribution in [1.29, 1.82) is 0 Å². The molecule has 1 heterocycles. The van der Waals surface area contributed by atoms with E-state index in [0.717, 1.165) is 4.88 Å². The number of aromatic nitrogens is 1. The van der Waals surface area contributed by atoms with Crippen molar-refractivity contribution in [3.8, 4) is 16.2 Å². The molecule has 0 fully saturated rings. The second-order valence-electron chi connectivity index (χ2n) is 6.71. The fourth-order valence-corrected chi connectivity index (χ4v) is 5.80. The van der Waals surface area contributed by atoms with E-state index in [1.54, 1.807) is 56.3 Å². The third-order valence-electron chi connectivity index (χ3n) is 4.80. The minimum atomic E-state index is -3.71. The number of aryl methyl sites for hydroxylation is 1. The lowest BCUT2D eigenvalue weighted by Crippen LogP contribution is -2.30. The third-order valence-corrected chi connectivity index (χ3v) is 8.00. The maximum atomic E-state index is 13.1. The van der Waals surface area contributed by atoms with Gasteiger partial charge in [-0.2, -0.15) is 4.31 Å². The molecule has 0 aliphatic rings. The highest BCUT2D eigenvalue weighted by atomic mass is 32.2. The number of carbonyl (C=O) groups is 1. The molecule has 0 aliphatic carbocycles. The van der Waals surface area contributed by atoms with Crippen LogP contribution in [0.5, 0.6) is 5.75 Å². The van der Waals surface area contributed by atoms with Gasteiger partial charge in [0.2, 0.25) is 10.0 Å². The van der Waals surface area contributed by atoms with Crippen molar-refractivity contribution in [2.45, 2.75) is 25.7 Å². The van der Waals surface area contributed by atoms with Crippen molar-refractivity contribution in [1.82, 2.24) is 9.29 Å². The molecule has 9 heteroatoms.